The van der Waals surface area contributed by atoms with E-state index in [-0.39, 0.29) is 17.9 Å². The van der Waals surface area contributed by atoms with Crippen molar-refractivity contribution in [2.24, 2.45) is 0 Å². The highest BCUT2D eigenvalue weighted by atomic mass is 19.2. The lowest BCUT2D eigenvalue weighted by molar-refractivity contribution is 0.0923. The summed E-state index contributed by atoms with van der Waals surface area (Å²) in [5.41, 5.74) is 3.30. The third kappa shape index (κ3) is 3.87. The minimum Gasteiger partial charge on any atom is -0.347 e. The summed E-state index contributed by atoms with van der Waals surface area (Å²) in [6.45, 7) is 5.22. The number of benzene rings is 2. The van der Waals surface area contributed by atoms with Crippen molar-refractivity contribution >= 4 is 5.91 Å². The van der Waals surface area contributed by atoms with Gasteiger partial charge in [-0.1, -0.05) is 23.8 Å². The van der Waals surface area contributed by atoms with Crippen LogP contribution in [-0.4, -0.2) is 25.0 Å². The summed E-state index contributed by atoms with van der Waals surface area (Å²) in [6, 6.07) is 9.58. The molecular weight excluding hydrogens is 322 g/mol. The predicted molar refractivity (Wildman–Crippen MR) is 93.8 cm³/mol. The van der Waals surface area contributed by atoms with Crippen LogP contribution in [0.1, 0.15) is 39.4 Å². The zero-order valence-corrected chi connectivity index (χ0v) is 14.4. The van der Waals surface area contributed by atoms with Gasteiger partial charge in [-0.15, -0.1) is 0 Å². The van der Waals surface area contributed by atoms with Gasteiger partial charge in [0.05, 0.1) is 0 Å². The Morgan fingerprint density at radius 3 is 2.68 bits per heavy atom. The van der Waals surface area contributed by atoms with E-state index in [4.69, 9.17) is 0 Å². The molecule has 1 heterocycles. The molecule has 2 aromatic carbocycles. The molecular formula is C20H22F2N2O. The first-order valence-electron chi connectivity index (χ1n) is 8.49. The molecule has 2 atom stereocenters. The summed E-state index contributed by atoms with van der Waals surface area (Å²) in [7, 11) is 0. The van der Waals surface area contributed by atoms with Crippen molar-refractivity contribution in [3.63, 3.8) is 0 Å². The number of amides is 1. The molecule has 1 saturated heterocycles. The second-order valence-corrected chi connectivity index (χ2v) is 6.67. The van der Waals surface area contributed by atoms with E-state index in [1.165, 1.54) is 6.07 Å². The van der Waals surface area contributed by atoms with Gasteiger partial charge in [0.25, 0.3) is 5.91 Å². The van der Waals surface area contributed by atoms with Crippen LogP contribution in [0, 0.1) is 25.5 Å². The molecule has 2 N–H and O–H groups in total. The summed E-state index contributed by atoms with van der Waals surface area (Å²) in [4.78, 5) is 12.7. The van der Waals surface area contributed by atoms with Crippen LogP contribution in [-0.2, 0) is 0 Å². The maximum atomic E-state index is 13.6. The van der Waals surface area contributed by atoms with Crippen LogP contribution in [0.15, 0.2) is 36.4 Å². The van der Waals surface area contributed by atoms with E-state index in [2.05, 4.69) is 10.6 Å². The number of nitrogens with one attached hydrogen (secondary N) is 2. The van der Waals surface area contributed by atoms with E-state index < -0.39 is 11.6 Å². The van der Waals surface area contributed by atoms with Crippen molar-refractivity contribution < 1.29 is 13.6 Å². The third-order valence-corrected chi connectivity index (χ3v) is 4.81. The average Bonchev–Trinajstić information content (AvgIpc) is 2.60. The molecule has 1 aliphatic heterocycles. The number of carbonyl (C=O) groups is 1. The fraction of sp³-hybridized carbons (Fsp3) is 0.350. The molecule has 2 aromatic rings. The molecule has 0 radical (unpaired) electrons. The topological polar surface area (TPSA) is 41.1 Å². The SMILES string of the molecule is Cc1ccc(C)c(C(=O)NC2CNCCC2c2ccc(F)c(F)c2)c1. The van der Waals surface area contributed by atoms with Crippen LogP contribution >= 0.6 is 0 Å². The molecule has 1 amide bonds. The van der Waals surface area contributed by atoms with Gasteiger partial charge in [-0.3, -0.25) is 4.79 Å². The normalized spacial score (nSPS) is 20.3. The maximum Gasteiger partial charge on any atom is 0.251 e. The number of piperidine rings is 1. The van der Waals surface area contributed by atoms with Crippen LogP contribution < -0.4 is 10.6 Å². The molecule has 5 heteroatoms. The van der Waals surface area contributed by atoms with Gasteiger partial charge in [-0.05, 0) is 56.1 Å². The van der Waals surface area contributed by atoms with Gasteiger partial charge in [-0.2, -0.15) is 0 Å². The Bertz CT molecular complexity index is 791. The van der Waals surface area contributed by atoms with E-state index in [1.807, 2.05) is 32.0 Å². The summed E-state index contributed by atoms with van der Waals surface area (Å²) in [6.07, 6.45) is 0.753. The fourth-order valence-corrected chi connectivity index (χ4v) is 3.38. The predicted octanol–water partition coefficient (Wildman–Crippen LogP) is 3.46. The van der Waals surface area contributed by atoms with Gasteiger partial charge < -0.3 is 10.6 Å². The van der Waals surface area contributed by atoms with Crippen LogP contribution in [0.2, 0.25) is 0 Å². The van der Waals surface area contributed by atoms with Gasteiger partial charge in [0.2, 0.25) is 0 Å². The van der Waals surface area contributed by atoms with Crippen molar-refractivity contribution in [3.8, 4) is 0 Å². The second kappa shape index (κ2) is 7.31. The molecule has 3 rings (SSSR count). The highest BCUT2D eigenvalue weighted by molar-refractivity contribution is 5.96. The third-order valence-electron chi connectivity index (χ3n) is 4.81. The second-order valence-electron chi connectivity index (χ2n) is 6.67. The molecule has 25 heavy (non-hydrogen) atoms. The zero-order valence-electron chi connectivity index (χ0n) is 14.4. The summed E-state index contributed by atoms with van der Waals surface area (Å²) in [5, 5.41) is 6.33. The molecule has 1 aliphatic rings. The summed E-state index contributed by atoms with van der Waals surface area (Å²) in [5.74, 6) is -1.89. The van der Waals surface area contributed by atoms with Crippen molar-refractivity contribution in [2.75, 3.05) is 13.1 Å². The lowest BCUT2D eigenvalue weighted by atomic mass is 9.85. The number of halogens is 2. The minimum atomic E-state index is -0.853. The average molecular weight is 344 g/mol. The first-order chi connectivity index (χ1) is 12.0. The van der Waals surface area contributed by atoms with Crippen molar-refractivity contribution in [2.45, 2.75) is 32.2 Å². The van der Waals surface area contributed by atoms with E-state index in [0.29, 0.717) is 17.7 Å². The molecule has 0 bridgehead atoms. The quantitative estimate of drug-likeness (QED) is 0.895. The molecule has 2 unspecified atom stereocenters. The molecule has 0 aliphatic carbocycles. The van der Waals surface area contributed by atoms with Gasteiger partial charge in [-0.25, -0.2) is 8.78 Å². The molecule has 1 fully saturated rings. The lowest BCUT2D eigenvalue weighted by Crippen LogP contribution is -2.50. The summed E-state index contributed by atoms with van der Waals surface area (Å²) < 4.78 is 26.8. The van der Waals surface area contributed by atoms with E-state index >= 15 is 0 Å². The number of carbonyl (C=O) groups excluding carboxylic acids is 1. The van der Waals surface area contributed by atoms with E-state index in [1.54, 1.807) is 6.07 Å². The maximum absolute atomic E-state index is 13.6. The standard InChI is InChI=1S/C20H22F2N2O/c1-12-3-4-13(2)16(9-12)20(25)24-19-11-23-8-7-15(19)14-5-6-17(21)18(22)10-14/h3-6,9-10,15,19,23H,7-8,11H2,1-2H3,(H,24,25). The number of aryl methyl sites for hydroxylation is 2. The lowest BCUT2D eigenvalue weighted by Gasteiger charge is -2.33. The Hall–Kier alpha value is -2.27. The number of hydrogen-bond acceptors (Lipinski definition) is 2. The van der Waals surface area contributed by atoms with Crippen molar-refractivity contribution in [1.29, 1.82) is 0 Å². The van der Waals surface area contributed by atoms with Gasteiger partial charge in [0.15, 0.2) is 11.6 Å². The van der Waals surface area contributed by atoms with E-state index in [0.717, 1.165) is 30.2 Å². The van der Waals surface area contributed by atoms with Crippen LogP contribution in [0.5, 0.6) is 0 Å². The Morgan fingerprint density at radius 2 is 1.92 bits per heavy atom. The van der Waals surface area contributed by atoms with Crippen molar-refractivity contribution in [3.05, 3.63) is 70.3 Å². The van der Waals surface area contributed by atoms with E-state index in [9.17, 15) is 13.6 Å². The van der Waals surface area contributed by atoms with Crippen LogP contribution in [0.4, 0.5) is 8.78 Å². The Kier molecular flexibility index (Phi) is 5.13. The Morgan fingerprint density at radius 1 is 1.12 bits per heavy atom. The molecule has 0 aromatic heterocycles. The Balaban J connectivity index is 1.82. The highest BCUT2D eigenvalue weighted by Gasteiger charge is 2.29. The minimum absolute atomic E-state index is 0.0505. The molecule has 0 spiro atoms. The first-order valence-corrected chi connectivity index (χ1v) is 8.49. The van der Waals surface area contributed by atoms with Gasteiger partial charge in [0.1, 0.15) is 0 Å². The zero-order chi connectivity index (χ0) is 18.0. The molecule has 3 nitrogen and oxygen atoms in total. The molecule has 132 valence electrons. The van der Waals surface area contributed by atoms with Gasteiger partial charge >= 0.3 is 0 Å². The number of rotatable bonds is 3. The Labute approximate surface area is 146 Å². The fourth-order valence-electron chi connectivity index (χ4n) is 3.38. The van der Waals surface area contributed by atoms with Gasteiger partial charge in [0, 0.05) is 24.1 Å². The largest absolute Gasteiger partial charge is 0.347 e. The first kappa shape index (κ1) is 17.5. The highest BCUT2D eigenvalue weighted by Crippen LogP contribution is 2.27. The summed E-state index contributed by atoms with van der Waals surface area (Å²) >= 11 is 0. The van der Waals surface area contributed by atoms with Crippen molar-refractivity contribution in [1.82, 2.24) is 10.6 Å². The monoisotopic (exact) mass is 344 g/mol. The van der Waals surface area contributed by atoms with Crippen LogP contribution in [0.25, 0.3) is 0 Å². The number of hydrogen-bond donors (Lipinski definition) is 2. The smallest absolute Gasteiger partial charge is 0.251 e. The van der Waals surface area contributed by atoms with Crippen LogP contribution in [0.3, 0.4) is 0 Å². The molecule has 0 saturated carbocycles.